The number of esters is 1. The lowest BCUT2D eigenvalue weighted by Gasteiger charge is -2.63. The largest absolute Gasteiger partial charge is 0.481 e. The van der Waals surface area contributed by atoms with E-state index >= 15 is 0 Å². The van der Waals surface area contributed by atoms with Crippen LogP contribution in [0, 0.1) is 34.0 Å². The zero-order valence-electron chi connectivity index (χ0n) is 16.9. The number of rotatable bonds is 3. The fraction of sp³-hybridized carbons (Fsp3) is 0.909. The minimum atomic E-state index is -0.908. The molecule has 0 heterocycles. The fourth-order valence-electron chi connectivity index (χ4n) is 8.27. The maximum atomic E-state index is 12.2. The van der Waals surface area contributed by atoms with E-state index in [0.29, 0.717) is 12.3 Å². The summed E-state index contributed by atoms with van der Waals surface area (Å²) < 4.78 is 5.24. The molecule has 4 fully saturated rings. The average molecular weight is 379 g/mol. The summed E-state index contributed by atoms with van der Waals surface area (Å²) in [5.41, 5.74) is -1.42. The summed E-state index contributed by atoms with van der Waals surface area (Å²) in [6.07, 6.45) is 8.51. The number of carboxylic acid groups (broad SMARTS) is 1. The Kier molecular flexibility index (Phi) is 4.24. The van der Waals surface area contributed by atoms with Gasteiger partial charge >= 0.3 is 11.9 Å². The van der Waals surface area contributed by atoms with Crippen LogP contribution in [-0.4, -0.2) is 34.4 Å². The van der Waals surface area contributed by atoms with Crippen molar-refractivity contribution >= 4 is 11.9 Å². The highest BCUT2D eigenvalue weighted by atomic mass is 16.5. The molecule has 0 amide bonds. The van der Waals surface area contributed by atoms with Crippen LogP contribution in [0.2, 0.25) is 0 Å². The highest BCUT2D eigenvalue weighted by Crippen LogP contribution is 2.72. The Hall–Kier alpha value is -1.10. The minimum absolute atomic E-state index is 0.0291. The number of ether oxygens (including phenoxy) is 1. The maximum Gasteiger partial charge on any atom is 0.309 e. The molecule has 5 nitrogen and oxygen atoms in total. The SMILES string of the molecule is CC(=O)OC[C@@]1(O)C[C@@]23CC[C@H]4[C@@](C)(CCC[C@@]4(C)C(=O)O)[C@@H]2CC[C@@H]1C3. The quantitative estimate of drug-likeness (QED) is 0.730. The van der Waals surface area contributed by atoms with Crippen molar-refractivity contribution in [3.63, 3.8) is 0 Å². The lowest BCUT2D eigenvalue weighted by atomic mass is 9.41. The van der Waals surface area contributed by atoms with E-state index in [1.165, 1.54) is 6.92 Å². The first kappa shape index (κ1) is 19.2. The molecule has 0 aromatic carbocycles. The van der Waals surface area contributed by atoms with Gasteiger partial charge in [-0.2, -0.15) is 0 Å². The minimum Gasteiger partial charge on any atom is -0.481 e. The van der Waals surface area contributed by atoms with Crippen molar-refractivity contribution in [3.05, 3.63) is 0 Å². The van der Waals surface area contributed by atoms with Gasteiger partial charge in [-0.3, -0.25) is 9.59 Å². The molecule has 4 rings (SSSR count). The molecule has 0 saturated heterocycles. The second-order valence-corrected chi connectivity index (χ2v) is 10.6. The van der Waals surface area contributed by atoms with E-state index in [1.807, 2.05) is 6.92 Å². The van der Waals surface area contributed by atoms with Crippen LogP contribution < -0.4 is 0 Å². The Morgan fingerprint density at radius 1 is 1.07 bits per heavy atom. The maximum absolute atomic E-state index is 12.2. The highest BCUT2D eigenvalue weighted by Gasteiger charge is 2.68. The van der Waals surface area contributed by atoms with Gasteiger partial charge in [-0.05, 0) is 86.9 Å². The third-order valence-electron chi connectivity index (χ3n) is 9.33. The van der Waals surface area contributed by atoms with Gasteiger partial charge in [0.2, 0.25) is 0 Å². The zero-order valence-corrected chi connectivity index (χ0v) is 16.9. The van der Waals surface area contributed by atoms with E-state index in [-0.39, 0.29) is 35.2 Å². The van der Waals surface area contributed by atoms with E-state index in [4.69, 9.17) is 4.74 Å². The van der Waals surface area contributed by atoms with Gasteiger partial charge in [0.05, 0.1) is 5.41 Å². The van der Waals surface area contributed by atoms with Crippen LogP contribution in [-0.2, 0) is 14.3 Å². The van der Waals surface area contributed by atoms with Crippen molar-refractivity contribution < 1.29 is 24.5 Å². The Balaban J connectivity index is 1.65. The standard InChI is InChI=1S/C22H34O5/c1-14(23)27-13-22(26)12-21-10-7-16-19(2,17(21)6-5-15(22)11-21)8-4-9-20(16,3)18(24)25/h15-17,26H,4-13H2,1-3H3,(H,24,25)/t15-,16+,17+,19-,20-,21+,22+/m1/s1. The number of aliphatic hydroxyl groups is 1. The van der Waals surface area contributed by atoms with E-state index in [2.05, 4.69) is 6.92 Å². The van der Waals surface area contributed by atoms with Gasteiger partial charge in [-0.1, -0.05) is 13.3 Å². The van der Waals surface area contributed by atoms with Gasteiger partial charge in [0, 0.05) is 6.92 Å². The summed E-state index contributed by atoms with van der Waals surface area (Å²) in [4.78, 5) is 23.5. The monoisotopic (exact) mass is 378 g/mol. The Labute approximate surface area is 161 Å². The van der Waals surface area contributed by atoms with Crippen molar-refractivity contribution in [2.24, 2.45) is 34.0 Å². The molecule has 0 radical (unpaired) electrons. The van der Waals surface area contributed by atoms with Crippen molar-refractivity contribution in [2.45, 2.75) is 84.2 Å². The molecule has 4 aliphatic rings. The Bertz CT molecular complexity index is 661. The van der Waals surface area contributed by atoms with Crippen LogP contribution in [0.3, 0.4) is 0 Å². The molecule has 152 valence electrons. The number of carbonyl (C=O) groups excluding carboxylic acids is 1. The molecule has 5 heteroatoms. The predicted octanol–water partition coefficient (Wildman–Crippen LogP) is 3.78. The van der Waals surface area contributed by atoms with Gasteiger partial charge in [0.25, 0.3) is 0 Å². The lowest BCUT2D eigenvalue weighted by Crippen LogP contribution is -2.58. The summed E-state index contributed by atoms with van der Waals surface area (Å²) in [7, 11) is 0. The molecule has 7 atom stereocenters. The zero-order chi connectivity index (χ0) is 19.7. The third kappa shape index (κ3) is 2.60. The normalized spacial score (nSPS) is 51.2. The van der Waals surface area contributed by atoms with Crippen molar-refractivity contribution in [1.82, 2.24) is 0 Å². The van der Waals surface area contributed by atoms with Crippen LogP contribution in [0.15, 0.2) is 0 Å². The smallest absolute Gasteiger partial charge is 0.309 e. The number of hydrogen-bond donors (Lipinski definition) is 2. The second kappa shape index (κ2) is 5.95. The molecular formula is C22H34O5. The summed E-state index contributed by atoms with van der Waals surface area (Å²) in [6.45, 7) is 5.81. The van der Waals surface area contributed by atoms with Crippen molar-refractivity contribution in [1.29, 1.82) is 0 Å². The molecule has 4 saturated carbocycles. The number of aliphatic carboxylic acids is 1. The van der Waals surface area contributed by atoms with Gasteiger partial charge in [0.15, 0.2) is 0 Å². The van der Waals surface area contributed by atoms with Crippen LogP contribution in [0.5, 0.6) is 0 Å². The van der Waals surface area contributed by atoms with Crippen LogP contribution >= 0.6 is 0 Å². The molecule has 27 heavy (non-hydrogen) atoms. The Morgan fingerprint density at radius 3 is 2.48 bits per heavy atom. The first-order valence-corrected chi connectivity index (χ1v) is 10.6. The van der Waals surface area contributed by atoms with Crippen LogP contribution in [0.25, 0.3) is 0 Å². The summed E-state index contributed by atoms with van der Waals surface area (Å²) in [5.74, 6) is -0.0986. The van der Waals surface area contributed by atoms with Crippen molar-refractivity contribution in [3.8, 4) is 0 Å². The second-order valence-electron chi connectivity index (χ2n) is 10.6. The lowest BCUT2D eigenvalue weighted by molar-refractivity contribution is -0.181. The molecule has 1 spiro atoms. The summed E-state index contributed by atoms with van der Waals surface area (Å²) in [5, 5.41) is 21.3. The van der Waals surface area contributed by atoms with E-state index in [0.717, 1.165) is 51.4 Å². The molecule has 0 aliphatic heterocycles. The summed E-state index contributed by atoms with van der Waals surface area (Å²) in [6, 6.07) is 0. The molecule has 0 unspecified atom stereocenters. The van der Waals surface area contributed by atoms with Crippen molar-refractivity contribution in [2.75, 3.05) is 6.61 Å². The molecule has 0 aromatic rings. The van der Waals surface area contributed by atoms with E-state index in [1.54, 1.807) is 0 Å². The molecule has 2 bridgehead atoms. The van der Waals surface area contributed by atoms with Gasteiger partial charge in [-0.15, -0.1) is 0 Å². The van der Waals surface area contributed by atoms with E-state index < -0.39 is 17.0 Å². The first-order valence-electron chi connectivity index (χ1n) is 10.6. The molecule has 4 aliphatic carbocycles. The van der Waals surface area contributed by atoms with Gasteiger partial charge in [-0.25, -0.2) is 0 Å². The topological polar surface area (TPSA) is 83.8 Å². The average Bonchev–Trinajstić information content (AvgIpc) is 2.79. The molecule has 2 N–H and O–H groups in total. The number of carbonyl (C=O) groups is 2. The van der Waals surface area contributed by atoms with Crippen LogP contribution in [0.1, 0.15) is 78.6 Å². The van der Waals surface area contributed by atoms with E-state index in [9.17, 15) is 19.8 Å². The van der Waals surface area contributed by atoms with Crippen LogP contribution in [0.4, 0.5) is 0 Å². The molecular weight excluding hydrogens is 344 g/mol. The summed E-state index contributed by atoms with van der Waals surface area (Å²) >= 11 is 0. The fourth-order valence-corrected chi connectivity index (χ4v) is 8.27. The highest BCUT2D eigenvalue weighted by molar-refractivity contribution is 5.75. The number of fused-ring (bicyclic) bond motifs is 3. The number of hydrogen-bond acceptors (Lipinski definition) is 4. The first-order chi connectivity index (χ1) is 12.6. The molecule has 0 aromatic heterocycles. The van der Waals surface area contributed by atoms with Gasteiger partial charge in [0.1, 0.15) is 12.2 Å². The Morgan fingerprint density at radius 2 is 1.81 bits per heavy atom. The van der Waals surface area contributed by atoms with Gasteiger partial charge < -0.3 is 14.9 Å². The predicted molar refractivity (Wildman–Crippen MR) is 99.9 cm³/mol. The number of carboxylic acids is 1. The third-order valence-corrected chi connectivity index (χ3v) is 9.33.